The van der Waals surface area contributed by atoms with Crippen LogP contribution in [0.1, 0.15) is 5.56 Å². The van der Waals surface area contributed by atoms with Crippen molar-refractivity contribution in [1.29, 1.82) is 0 Å². The van der Waals surface area contributed by atoms with Crippen LogP contribution < -0.4 is 5.73 Å². The third kappa shape index (κ3) is 3.29. The summed E-state index contributed by atoms with van der Waals surface area (Å²) in [6.07, 6.45) is 0. The van der Waals surface area contributed by atoms with Crippen molar-refractivity contribution in [3.05, 3.63) is 60.2 Å². The number of thiazole rings is 1. The maximum absolute atomic E-state index is 5.50. The van der Waals surface area contributed by atoms with Crippen molar-refractivity contribution in [2.45, 2.75) is 6.92 Å². The molecule has 0 aliphatic carbocycles. The zero-order valence-corrected chi connectivity index (χ0v) is 10.4. The first kappa shape index (κ1) is 11.6. The molecule has 17 heavy (non-hydrogen) atoms. The molecule has 1 aromatic heterocycles. The SMILES string of the molecule is Cc1ccccc1.Nc1nc2ccccc2s1. The minimum Gasteiger partial charge on any atom is -0.375 e. The van der Waals surface area contributed by atoms with Gasteiger partial charge in [0.2, 0.25) is 0 Å². The van der Waals surface area contributed by atoms with E-state index in [1.54, 1.807) is 0 Å². The summed E-state index contributed by atoms with van der Waals surface area (Å²) in [5.41, 5.74) is 7.81. The van der Waals surface area contributed by atoms with Gasteiger partial charge in [0.25, 0.3) is 0 Å². The highest BCUT2D eigenvalue weighted by Gasteiger charge is 1.96. The van der Waals surface area contributed by atoms with Gasteiger partial charge in [-0.1, -0.05) is 59.4 Å². The Morgan fingerprint density at radius 3 is 2.18 bits per heavy atom. The quantitative estimate of drug-likeness (QED) is 0.650. The van der Waals surface area contributed by atoms with E-state index in [1.807, 2.05) is 42.5 Å². The minimum atomic E-state index is 0.640. The van der Waals surface area contributed by atoms with Crippen LogP contribution in [0, 0.1) is 6.92 Å². The fourth-order valence-corrected chi connectivity index (χ4v) is 2.16. The highest BCUT2D eigenvalue weighted by Crippen LogP contribution is 2.22. The van der Waals surface area contributed by atoms with Gasteiger partial charge >= 0.3 is 0 Å². The molecule has 3 heteroatoms. The number of nitrogens with two attached hydrogens (primary N) is 1. The Morgan fingerprint density at radius 2 is 1.59 bits per heavy atom. The fourth-order valence-electron chi connectivity index (χ4n) is 1.42. The number of nitrogen functional groups attached to an aromatic ring is 1. The molecule has 86 valence electrons. The van der Waals surface area contributed by atoms with Crippen LogP contribution in [0.25, 0.3) is 10.2 Å². The van der Waals surface area contributed by atoms with Gasteiger partial charge in [-0.05, 0) is 19.1 Å². The van der Waals surface area contributed by atoms with E-state index >= 15 is 0 Å². The molecule has 1 heterocycles. The number of rotatable bonds is 0. The summed E-state index contributed by atoms with van der Waals surface area (Å²) in [6.45, 7) is 2.08. The van der Waals surface area contributed by atoms with Crippen LogP contribution in [0.15, 0.2) is 54.6 Å². The fraction of sp³-hybridized carbons (Fsp3) is 0.0714. The molecular weight excluding hydrogens is 228 g/mol. The number of hydrogen-bond acceptors (Lipinski definition) is 3. The number of nitrogens with zero attached hydrogens (tertiary/aromatic N) is 1. The molecule has 0 atom stereocenters. The summed E-state index contributed by atoms with van der Waals surface area (Å²) in [5, 5.41) is 0.640. The number of anilines is 1. The molecular formula is C14H14N2S. The minimum absolute atomic E-state index is 0.640. The predicted molar refractivity (Wildman–Crippen MR) is 75.2 cm³/mol. The highest BCUT2D eigenvalue weighted by atomic mass is 32.1. The van der Waals surface area contributed by atoms with Gasteiger partial charge in [0.15, 0.2) is 5.13 Å². The summed E-state index contributed by atoms with van der Waals surface area (Å²) < 4.78 is 1.15. The first-order valence-corrected chi connectivity index (χ1v) is 6.20. The second-order valence-corrected chi connectivity index (χ2v) is 4.74. The largest absolute Gasteiger partial charge is 0.375 e. The molecule has 0 amide bonds. The lowest BCUT2D eigenvalue weighted by Crippen LogP contribution is -1.78. The van der Waals surface area contributed by atoms with Crippen molar-refractivity contribution in [3.8, 4) is 0 Å². The Morgan fingerprint density at radius 1 is 0.941 bits per heavy atom. The number of aromatic nitrogens is 1. The lowest BCUT2D eigenvalue weighted by atomic mass is 10.2. The second kappa shape index (κ2) is 5.46. The van der Waals surface area contributed by atoms with Crippen molar-refractivity contribution in [1.82, 2.24) is 4.98 Å². The average Bonchev–Trinajstić information content (AvgIpc) is 2.71. The van der Waals surface area contributed by atoms with E-state index in [0.29, 0.717) is 5.13 Å². The van der Waals surface area contributed by atoms with Crippen LogP contribution in [0.2, 0.25) is 0 Å². The normalized spacial score (nSPS) is 9.71. The molecule has 0 fully saturated rings. The molecule has 0 saturated heterocycles. The number of benzene rings is 2. The molecule has 3 aromatic rings. The number of fused-ring (bicyclic) bond motifs is 1. The van der Waals surface area contributed by atoms with Crippen LogP contribution in [-0.2, 0) is 0 Å². The molecule has 0 radical (unpaired) electrons. The van der Waals surface area contributed by atoms with E-state index in [0.717, 1.165) is 10.2 Å². The van der Waals surface area contributed by atoms with Gasteiger partial charge in [0, 0.05) is 0 Å². The summed E-state index contributed by atoms with van der Waals surface area (Å²) in [7, 11) is 0. The molecule has 0 saturated carbocycles. The van der Waals surface area contributed by atoms with Gasteiger partial charge in [0.1, 0.15) is 0 Å². The van der Waals surface area contributed by atoms with Crippen molar-refractivity contribution in [3.63, 3.8) is 0 Å². The van der Waals surface area contributed by atoms with E-state index in [-0.39, 0.29) is 0 Å². The Bertz CT molecular complexity index is 554. The Kier molecular flexibility index (Phi) is 3.73. The van der Waals surface area contributed by atoms with Gasteiger partial charge in [-0.15, -0.1) is 0 Å². The first-order valence-electron chi connectivity index (χ1n) is 5.38. The summed E-state index contributed by atoms with van der Waals surface area (Å²) in [6, 6.07) is 18.2. The molecule has 0 spiro atoms. The van der Waals surface area contributed by atoms with Crippen molar-refractivity contribution < 1.29 is 0 Å². The van der Waals surface area contributed by atoms with E-state index < -0.39 is 0 Å². The van der Waals surface area contributed by atoms with Gasteiger partial charge in [-0.25, -0.2) is 4.98 Å². The van der Waals surface area contributed by atoms with Crippen LogP contribution in [-0.4, -0.2) is 4.98 Å². The van der Waals surface area contributed by atoms with E-state index in [4.69, 9.17) is 5.73 Å². The van der Waals surface area contributed by atoms with Crippen LogP contribution in [0.4, 0.5) is 5.13 Å². The maximum Gasteiger partial charge on any atom is 0.181 e. The van der Waals surface area contributed by atoms with Crippen LogP contribution >= 0.6 is 11.3 Å². The standard InChI is InChI=1S/C7H6N2S.C7H8/c8-7-9-5-3-1-2-4-6(5)10-7;1-7-5-3-2-4-6-7/h1-4H,(H2,8,9);2-6H,1H3. The molecule has 0 aliphatic heterocycles. The number of hydrogen-bond donors (Lipinski definition) is 1. The summed E-state index contributed by atoms with van der Waals surface area (Å²) in [5.74, 6) is 0. The van der Waals surface area contributed by atoms with Crippen LogP contribution in [0.5, 0.6) is 0 Å². The average molecular weight is 242 g/mol. The molecule has 2 nitrogen and oxygen atoms in total. The van der Waals surface area contributed by atoms with E-state index in [1.165, 1.54) is 16.9 Å². The molecule has 0 bridgehead atoms. The predicted octanol–water partition coefficient (Wildman–Crippen LogP) is 3.87. The lowest BCUT2D eigenvalue weighted by molar-refractivity contribution is 1.48. The smallest absolute Gasteiger partial charge is 0.181 e. The number of para-hydroxylation sites is 1. The molecule has 3 rings (SSSR count). The van der Waals surface area contributed by atoms with Gasteiger partial charge < -0.3 is 5.73 Å². The Balaban J connectivity index is 0.000000136. The highest BCUT2D eigenvalue weighted by molar-refractivity contribution is 7.22. The first-order chi connectivity index (χ1) is 8.25. The van der Waals surface area contributed by atoms with Crippen molar-refractivity contribution >= 4 is 26.7 Å². The van der Waals surface area contributed by atoms with E-state index in [9.17, 15) is 0 Å². The lowest BCUT2D eigenvalue weighted by Gasteiger charge is -1.82. The number of aryl methyl sites for hydroxylation is 1. The van der Waals surface area contributed by atoms with Crippen molar-refractivity contribution in [2.75, 3.05) is 5.73 Å². The zero-order valence-electron chi connectivity index (χ0n) is 9.63. The molecule has 0 aliphatic rings. The van der Waals surface area contributed by atoms with Gasteiger partial charge in [-0.3, -0.25) is 0 Å². The Labute approximate surface area is 105 Å². The third-order valence-electron chi connectivity index (χ3n) is 2.25. The Hall–Kier alpha value is -1.87. The summed E-state index contributed by atoms with van der Waals surface area (Å²) >= 11 is 1.52. The van der Waals surface area contributed by atoms with Crippen LogP contribution in [0.3, 0.4) is 0 Å². The monoisotopic (exact) mass is 242 g/mol. The topological polar surface area (TPSA) is 38.9 Å². The molecule has 2 N–H and O–H groups in total. The van der Waals surface area contributed by atoms with Gasteiger partial charge in [0.05, 0.1) is 10.2 Å². The van der Waals surface area contributed by atoms with Gasteiger partial charge in [-0.2, -0.15) is 0 Å². The molecule has 0 unspecified atom stereocenters. The van der Waals surface area contributed by atoms with E-state index in [2.05, 4.69) is 24.0 Å². The molecule has 2 aromatic carbocycles. The van der Waals surface area contributed by atoms with Crippen molar-refractivity contribution in [2.24, 2.45) is 0 Å². The third-order valence-corrected chi connectivity index (χ3v) is 3.12. The summed E-state index contributed by atoms with van der Waals surface area (Å²) in [4.78, 5) is 4.11. The maximum atomic E-state index is 5.50. The second-order valence-electron chi connectivity index (χ2n) is 3.67. The zero-order chi connectivity index (χ0) is 12.1.